The van der Waals surface area contributed by atoms with Crippen LogP contribution < -0.4 is 0 Å². The minimum absolute atomic E-state index is 0.379. The number of H-pyrrole nitrogens is 1. The van der Waals surface area contributed by atoms with Crippen LogP contribution >= 0.6 is 39.7 Å². The van der Waals surface area contributed by atoms with E-state index in [2.05, 4.69) is 39.7 Å². The Labute approximate surface area is 125 Å². The highest BCUT2D eigenvalue weighted by Crippen LogP contribution is 2.27. The van der Waals surface area contributed by atoms with E-state index in [1.54, 1.807) is 0 Å². The molecule has 0 aliphatic heterocycles. The highest BCUT2D eigenvalue weighted by Gasteiger charge is 2.07. The van der Waals surface area contributed by atoms with E-state index in [9.17, 15) is 0 Å². The second-order valence-corrected chi connectivity index (χ2v) is 5.99. The second kappa shape index (κ2) is 5.51. The van der Waals surface area contributed by atoms with Crippen LogP contribution in [0.3, 0.4) is 0 Å². The predicted octanol–water partition coefficient (Wildman–Crippen LogP) is 5.35. The minimum atomic E-state index is 0.379. The van der Waals surface area contributed by atoms with Crippen molar-refractivity contribution in [1.29, 1.82) is 0 Å². The maximum atomic E-state index is 5.98. The van der Waals surface area contributed by atoms with Crippen molar-refractivity contribution in [3.05, 3.63) is 44.1 Å². The van der Waals surface area contributed by atoms with Gasteiger partial charge in [0.05, 0.1) is 5.02 Å². The largest absolute Gasteiger partial charge is 0.343 e. The molecule has 0 aliphatic rings. The summed E-state index contributed by atoms with van der Waals surface area (Å²) in [5.41, 5.74) is 2.04. The summed E-state index contributed by atoms with van der Waals surface area (Å²) >= 11 is 14.6. The molecular weight excluding hydrogens is 332 g/mol. The molecule has 0 atom stereocenters. The zero-order valence-corrected chi connectivity index (χ0v) is 13.2. The average molecular weight is 344 g/mol. The van der Waals surface area contributed by atoms with Crippen LogP contribution in [0, 0.1) is 4.64 Å². The van der Waals surface area contributed by atoms with Gasteiger partial charge in [-0.3, -0.25) is 0 Å². The van der Waals surface area contributed by atoms with Crippen molar-refractivity contribution < 1.29 is 0 Å². The Balaban J connectivity index is 2.56. The first-order chi connectivity index (χ1) is 8.47. The lowest BCUT2D eigenvalue weighted by molar-refractivity contribution is 0.815. The van der Waals surface area contributed by atoms with Crippen LogP contribution in [-0.4, -0.2) is 9.97 Å². The minimum Gasteiger partial charge on any atom is -0.343 e. The highest BCUT2D eigenvalue weighted by molar-refractivity contribution is 9.10. The zero-order valence-electron chi connectivity index (χ0n) is 10.00. The first-order valence-corrected chi connectivity index (χ1v) is 7.12. The van der Waals surface area contributed by atoms with Crippen molar-refractivity contribution in [3.8, 4) is 11.4 Å². The Morgan fingerprint density at radius 3 is 2.67 bits per heavy atom. The van der Waals surface area contributed by atoms with E-state index < -0.39 is 0 Å². The number of hydrogen-bond acceptors (Lipinski definition) is 2. The van der Waals surface area contributed by atoms with Crippen LogP contribution in [0.1, 0.15) is 25.5 Å². The monoisotopic (exact) mass is 342 g/mol. The van der Waals surface area contributed by atoms with Gasteiger partial charge < -0.3 is 4.98 Å². The molecule has 0 spiro atoms. The van der Waals surface area contributed by atoms with E-state index in [0.29, 0.717) is 15.6 Å². The van der Waals surface area contributed by atoms with Gasteiger partial charge in [-0.25, -0.2) is 4.98 Å². The number of nitrogens with one attached hydrogen (secondary N) is 1. The Bertz CT molecular complexity index is 637. The smallest absolute Gasteiger partial charge is 0.139 e. The molecule has 0 radical (unpaired) electrons. The Morgan fingerprint density at radius 2 is 2.06 bits per heavy atom. The van der Waals surface area contributed by atoms with Crippen molar-refractivity contribution in [2.24, 2.45) is 0 Å². The van der Waals surface area contributed by atoms with Crippen molar-refractivity contribution in [2.45, 2.75) is 19.8 Å². The zero-order chi connectivity index (χ0) is 13.3. The number of halogens is 2. The lowest BCUT2D eigenvalue weighted by Gasteiger charge is -2.09. The number of rotatable bonds is 2. The summed E-state index contributed by atoms with van der Waals surface area (Å²) in [4.78, 5) is 7.66. The van der Waals surface area contributed by atoms with E-state index in [4.69, 9.17) is 23.8 Å². The molecule has 2 rings (SSSR count). The molecule has 1 aromatic heterocycles. The Hall–Kier alpha value is -0.710. The average Bonchev–Trinajstić information content (AvgIpc) is 2.31. The molecule has 1 N–H and O–H groups in total. The van der Waals surface area contributed by atoms with Gasteiger partial charge in [0.25, 0.3) is 0 Å². The number of benzene rings is 1. The normalized spacial score (nSPS) is 10.9. The quantitative estimate of drug-likeness (QED) is 0.745. The standard InChI is InChI=1S/C13H12BrClN2S/c1-7(2)11-6-12(18)17-13(16-11)8-3-4-10(15)9(14)5-8/h3-7H,1-2H3,(H,16,17,18). The predicted molar refractivity (Wildman–Crippen MR) is 81.7 cm³/mol. The third-order valence-electron chi connectivity index (χ3n) is 2.58. The van der Waals surface area contributed by atoms with E-state index in [1.165, 1.54) is 0 Å². The SMILES string of the molecule is CC(C)c1cc(=S)nc(-c2ccc(Cl)c(Br)c2)[nH]1. The second-order valence-electron chi connectivity index (χ2n) is 4.31. The fourth-order valence-corrected chi connectivity index (χ4v) is 2.28. The number of aromatic amines is 1. The van der Waals surface area contributed by atoms with Crippen LogP contribution in [0.5, 0.6) is 0 Å². The van der Waals surface area contributed by atoms with Gasteiger partial charge >= 0.3 is 0 Å². The molecule has 5 heteroatoms. The molecule has 18 heavy (non-hydrogen) atoms. The summed E-state index contributed by atoms with van der Waals surface area (Å²) in [5, 5.41) is 0.678. The number of nitrogens with zero attached hydrogens (tertiary/aromatic N) is 1. The Morgan fingerprint density at radius 1 is 1.33 bits per heavy atom. The molecule has 2 aromatic rings. The Kier molecular flexibility index (Phi) is 4.20. The molecular formula is C13H12BrClN2S. The molecule has 0 amide bonds. The van der Waals surface area contributed by atoms with Gasteiger partial charge in [-0.15, -0.1) is 0 Å². The van der Waals surface area contributed by atoms with Gasteiger partial charge in [0.15, 0.2) is 0 Å². The van der Waals surface area contributed by atoms with Crippen molar-refractivity contribution >= 4 is 39.7 Å². The lowest BCUT2D eigenvalue weighted by atomic mass is 10.1. The van der Waals surface area contributed by atoms with Crippen molar-refractivity contribution in [1.82, 2.24) is 9.97 Å². The molecule has 0 unspecified atom stereocenters. The summed E-state index contributed by atoms with van der Waals surface area (Å²) < 4.78 is 1.44. The van der Waals surface area contributed by atoms with Gasteiger partial charge in [0.1, 0.15) is 10.5 Å². The number of hydrogen-bond donors (Lipinski definition) is 1. The van der Waals surface area contributed by atoms with E-state index in [1.807, 2.05) is 24.3 Å². The molecule has 94 valence electrons. The summed E-state index contributed by atoms with van der Waals surface area (Å²) in [7, 11) is 0. The molecule has 0 bridgehead atoms. The van der Waals surface area contributed by atoms with Gasteiger partial charge in [0, 0.05) is 15.7 Å². The van der Waals surface area contributed by atoms with Crippen LogP contribution in [0.15, 0.2) is 28.7 Å². The number of aromatic nitrogens is 2. The molecule has 0 saturated heterocycles. The molecule has 0 saturated carbocycles. The fourth-order valence-electron chi connectivity index (χ4n) is 1.57. The van der Waals surface area contributed by atoms with E-state index in [-0.39, 0.29) is 0 Å². The lowest BCUT2D eigenvalue weighted by Crippen LogP contribution is -1.98. The van der Waals surface area contributed by atoms with Gasteiger partial charge in [0.2, 0.25) is 0 Å². The van der Waals surface area contributed by atoms with Crippen LogP contribution in [0.2, 0.25) is 5.02 Å². The van der Waals surface area contributed by atoms with Gasteiger partial charge in [-0.2, -0.15) is 0 Å². The van der Waals surface area contributed by atoms with E-state index >= 15 is 0 Å². The van der Waals surface area contributed by atoms with Gasteiger partial charge in [-0.1, -0.05) is 37.7 Å². The van der Waals surface area contributed by atoms with E-state index in [0.717, 1.165) is 21.6 Å². The third-order valence-corrected chi connectivity index (χ3v) is 4.00. The van der Waals surface area contributed by atoms with Crippen LogP contribution in [0.25, 0.3) is 11.4 Å². The third kappa shape index (κ3) is 2.99. The summed E-state index contributed by atoms with van der Waals surface area (Å²) in [6, 6.07) is 7.58. The van der Waals surface area contributed by atoms with Crippen LogP contribution in [0.4, 0.5) is 0 Å². The topological polar surface area (TPSA) is 28.7 Å². The van der Waals surface area contributed by atoms with Gasteiger partial charge in [-0.05, 0) is 46.1 Å². The maximum absolute atomic E-state index is 5.98. The summed E-state index contributed by atoms with van der Waals surface area (Å²) in [5.74, 6) is 1.15. The molecule has 0 aliphatic carbocycles. The summed E-state index contributed by atoms with van der Waals surface area (Å²) in [6.45, 7) is 4.23. The summed E-state index contributed by atoms with van der Waals surface area (Å²) in [6.07, 6.45) is 0. The molecule has 2 nitrogen and oxygen atoms in total. The fraction of sp³-hybridized carbons (Fsp3) is 0.231. The van der Waals surface area contributed by atoms with Crippen molar-refractivity contribution in [3.63, 3.8) is 0 Å². The molecule has 1 aromatic carbocycles. The molecule has 1 heterocycles. The maximum Gasteiger partial charge on any atom is 0.139 e. The highest BCUT2D eigenvalue weighted by atomic mass is 79.9. The first kappa shape index (κ1) is 13.7. The van der Waals surface area contributed by atoms with Crippen molar-refractivity contribution in [2.75, 3.05) is 0 Å². The van der Waals surface area contributed by atoms with Crippen LogP contribution in [-0.2, 0) is 0 Å². The molecule has 0 fully saturated rings. The first-order valence-electron chi connectivity index (χ1n) is 5.54.